The van der Waals surface area contributed by atoms with Gasteiger partial charge in [-0.3, -0.25) is 9.59 Å². The van der Waals surface area contributed by atoms with Crippen LogP contribution in [-0.4, -0.2) is 52.8 Å². The van der Waals surface area contributed by atoms with Crippen molar-refractivity contribution in [1.29, 1.82) is 0 Å². The van der Waals surface area contributed by atoms with Crippen LogP contribution in [0.2, 0.25) is 0 Å². The standard InChI is InChI=1S/C16H17NO5S/c1-2-8-21-12-5-3-4-6-13(12)22-11-15-17(7-9-23-15)14(18)10-16(19)20/h1,3-6,15H,7-11H2,(H,19,20)/t15-/m0/s1. The monoisotopic (exact) mass is 335 g/mol. The van der Waals surface area contributed by atoms with Crippen LogP contribution in [0.5, 0.6) is 11.5 Å². The molecule has 1 saturated heterocycles. The topological polar surface area (TPSA) is 76.1 Å². The second-order valence-electron chi connectivity index (χ2n) is 4.73. The van der Waals surface area contributed by atoms with Crippen molar-refractivity contribution in [1.82, 2.24) is 4.90 Å². The zero-order valence-electron chi connectivity index (χ0n) is 12.4. The molecule has 1 amide bonds. The molecule has 1 aromatic rings. The molecule has 23 heavy (non-hydrogen) atoms. The zero-order chi connectivity index (χ0) is 16.7. The number of amides is 1. The van der Waals surface area contributed by atoms with E-state index < -0.39 is 18.3 Å². The van der Waals surface area contributed by atoms with Crippen molar-refractivity contribution < 1.29 is 24.2 Å². The van der Waals surface area contributed by atoms with Crippen molar-refractivity contribution in [3.8, 4) is 23.8 Å². The Labute approximate surface area is 138 Å². The van der Waals surface area contributed by atoms with Gasteiger partial charge in [0.05, 0.1) is 0 Å². The van der Waals surface area contributed by atoms with E-state index in [2.05, 4.69) is 5.92 Å². The van der Waals surface area contributed by atoms with Gasteiger partial charge in [-0.25, -0.2) is 0 Å². The number of carboxylic acid groups (broad SMARTS) is 1. The maximum atomic E-state index is 11.9. The zero-order valence-corrected chi connectivity index (χ0v) is 13.3. The summed E-state index contributed by atoms with van der Waals surface area (Å²) in [5.41, 5.74) is 0. The summed E-state index contributed by atoms with van der Waals surface area (Å²) in [5, 5.41) is 8.53. The van der Waals surface area contributed by atoms with Gasteiger partial charge in [-0.1, -0.05) is 18.1 Å². The molecule has 0 aromatic heterocycles. The molecule has 0 unspecified atom stereocenters. The molecule has 1 atom stereocenters. The van der Waals surface area contributed by atoms with Crippen molar-refractivity contribution >= 4 is 23.6 Å². The number of carbonyl (C=O) groups excluding carboxylic acids is 1. The van der Waals surface area contributed by atoms with Gasteiger partial charge in [0.2, 0.25) is 5.91 Å². The first kappa shape index (κ1) is 17.0. The molecule has 1 aliphatic heterocycles. The molecule has 7 heteroatoms. The minimum atomic E-state index is -1.13. The van der Waals surface area contributed by atoms with Gasteiger partial charge in [-0.2, -0.15) is 0 Å². The van der Waals surface area contributed by atoms with Gasteiger partial charge < -0.3 is 19.5 Å². The number of ether oxygens (including phenoxy) is 2. The lowest BCUT2D eigenvalue weighted by Gasteiger charge is -2.23. The summed E-state index contributed by atoms with van der Waals surface area (Å²) in [6.07, 6.45) is 4.68. The van der Waals surface area contributed by atoms with Gasteiger partial charge in [0.1, 0.15) is 25.0 Å². The van der Waals surface area contributed by atoms with E-state index in [1.165, 1.54) is 0 Å². The average Bonchev–Trinajstić information content (AvgIpc) is 2.99. The number of carbonyl (C=O) groups is 2. The molecule has 0 spiro atoms. The number of nitrogens with zero attached hydrogens (tertiary/aromatic N) is 1. The molecular weight excluding hydrogens is 318 g/mol. The molecule has 0 radical (unpaired) electrons. The maximum absolute atomic E-state index is 11.9. The van der Waals surface area contributed by atoms with E-state index in [0.717, 1.165) is 5.75 Å². The number of benzene rings is 1. The smallest absolute Gasteiger partial charge is 0.312 e. The van der Waals surface area contributed by atoms with E-state index in [0.29, 0.717) is 18.0 Å². The molecule has 1 heterocycles. The minimum Gasteiger partial charge on any atom is -0.487 e. The molecule has 1 aliphatic rings. The van der Waals surface area contributed by atoms with Gasteiger partial charge in [0, 0.05) is 12.3 Å². The van der Waals surface area contributed by atoms with Crippen LogP contribution in [0.25, 0.3) is 0 Å². The Bertz CT molecular complexity index is 613. The number of aliphatic carboxylic acids is 1. The highest BCUT2D eigenvalue weighted by molar-refractivity contribution is 8.00. The lowest BCUT2D eigenvalue weighted by Crippen LogP contribution is -2.39. The molecule has 1 fully saturated rings. The fourth-order valence-corrected chi connectivity index (χ4v) is 3.29. The van der Waals surface area contributed by atoms with E-state index in [9.17, 15) is 9.59 Å². The first-order valence-corrected chi connectivity index (χ1v) is 8.07. The summed E-state index contributed by atoms with van der Waals surface area (Å²) in [4.78, 5) is 24.1. The third-order valence-electron chi connectivity index (χ3n) is 3.15. The van der Waals surface area contributed by atoms with Gasteiger partial charge >= 0.3 is 5.97 Å². The van der Waals surface area contributed by atoms with Crippen LogP contribution >= 0.6 is 11.8 Å². The predicted molar refractivity (Wildman–Crippen MR) is 86.5 cm³/mol. The SMILES string of the molecule is C#CCOc1ccccc1OC[C@@H]1SCCN1C(=O)CC(=O)O. The highest BCUT2D eigenvalue weighted by Crippen LogP contribution is 2.29. The highest BCUT2D eigenvalue weighted by atomic mass is 32.2. The van der Waals surface area contributed by atoms with Crippen LogP contribution in [0.1, 0.15) is 6.42 Å². The summed E-state index contributed by atoms with van der Waals surface area (Å²) in [6, 6.07) is 7.13. The Morgan fingerprint density at radius 3 is 2.70 bits per heavy atom. The van der Waals surface area contributed by atoms with Crippen molar-refractivity contribution in [2.24, 2.45) is 0 Å². The number of para-hydroxylation sites is 2. The molecule has 2 rings (SSSR count). The summed E-state index contributed by atoms with van der Waals surface area (Å²) in [5.74, 6) is 2.71. The van der Waals surface area contributed by atoms with E-state index >= 15 is 0 Å². The normalized spacial score (nSPS) is 16.7. The predicted octanol–water partition coefficient (Wildman–Crippen LogP) is 1.45. The largest absolute Gasteiger partial charge is 0.487 e. The Hall–Kier alpha value is -2.33. The first-order chi connectivity index (χ1) is 11.1. The van der Waals surface area contributed by atoms with Crippen molar-refractivity contribution in [3.63, 3.8) is 0 Å². The molecule has 0 aliphatic carbocycles. The number of carboxylic acids is 1. The van der Waals surface area contributed by atoms with E-state index in [1.54, 1.807) is 28.8 Å². The third-order valence-corrected chi connectivity index (χ3v) is 4.35. The highest BCUT2D eigenvalue weighted by Gasteiger charge is 2.31. The lowest BCUT2D eigenvalue weighted by atomic mass is 10.3. The fourth-order valence-electron chi connectivity index (χ4n) is 2.14. The van der Waals surface area contributed by atoms with Gasteiger partial charge in [0.25, 0.3) is 0 Å². The molecule has 1 N–H and O–H groups in total. The number of terminal acetylenes is 1. The van der Waals surface area contributed by atoms with Gasteiger partial charge in [0.15, 0.2) is 11.5 Å². The van der Waals surface area contributed by atoms with Crippen molar-refractivity contribution in [2.45, 2.75) is 11.8 Å². The molecule has 0 bridgehead atoms. The van der Waals surface area contributed by atoms with Crippen LogP contribution in [0, 0.1) is 12.3 Å². The number of hydrogen-bond acceptors (Lipinski definition) is 5. The second-order valence-corrected chi connectivity index (χ2v) is 6.02. The Morgan fingerprint density at radius 2 is 2.04 bits per heavy atom. The first-order valence-electron chi connectivity index (χ1n) is 7.02. The summed E-state index contributed by atoms with van der Waals surface area (Å²) in [7, 11) is 0. The molecule has 0 saturated carbocycles. The number of thioether (sulfide) groups is 1. The second kappa shape index (κ2) is 8.34. The molecule has 122 valence electrons. The Morgan fingerprint density at radius 1 is 1.35 bits per heavy atom. The van der Waals surface area contributed by atoms with Gasteiger partial charge in [-0.05, 0) is 12.1 Å². The van der Waals surface area contributed by atoms with Crippen LogP contribution in [0.3, 0.4) is 0 Å². The minimum absolute atomic E-state index is 0.141. The van der Waals surface area contributed by atoms with Crippen molar-refractivity contribution in [2.75, 3.05) is 25.5 Å². The Kier molecular flexibility index (Phi) is 6.18. The molecule has 1 aromatic carbocycles. The van der Waals surface area contributed by atoms with E-state index in [4.69, 9.17) is 21.0 Å². The number of hydrogen-bond donors (Lipinski definition) is 1. The maximum Gasteiger partial charge on any atom is 0.312 e. The Balaban J connectivity index is 1.96. The molecular formula is C16H17NO5S. The van der Waals surface area contributed by atoms with Crippen molar-refractivity contribution in [3.05, 3.63) is 24.3 Å². The lowest BCUT2D eigenvalue weighted by molar-refractivity contribution is -0.144. The summed E-state index contributed by atoms with van der Waals surface area (Å²) >= 11 is 1.56. The summed E-state index contributed by atoms with van der Waals surface area (Å²) < 4.78 is 11.2. The third kappa shape index (κ3) is 4.83. The van der Waals surface area contributed by atoms with Crippen LogP contribution in [0.15, 0.2) is 24.3 Å². The average molecular weight is 335 g/mol. The fraction of sp³-hybridized carbons (Fsp3) is 0.375. The number of rotatable bonds is 7. The van der Waals surface area contributed by atoms with Crippen LogP contribution in [-0.2, 0) is 9.59 Å². The quantitative estimate of drug-likeness (QED) is 0.600. The molecule has 6 nitrogen and oxygen atoms in total. The van der Waals surface area contributed by atoms with Crippen LogP contribution < -0.4 is 9.47 Å². The van der Waals surface area contributed by atoms with Gasteiger partial charge in [-0.15, -0.1) is 18.2 Å². The summed E-state index contributed by atoms with van der Waals surface area (Å²) in [6.45, 7) is 0.925. The van der Waals surface area contributed by atoms with E-state index in [-0.39, 0.29) is 18.6 Å². The van der Waals surface area contributed by atoms with Crippen LogP contribution in [0.4, 0.5) is 0 Å². The van der Waals surface area contributed by atoms with E-state index in [1.807, 2.05) is 12.1 Å².